The molecule has 1 aromatic carbocycles. The molecule has 4 nitrogen and oxygen atoms in total. The maximum absolute atomic E-state index is 11.2. The molecule has 1 rings (SSSR count). The summed E-state index contributed by atoms with van der Waals surface area (Å²) >= 11 is 0. The van der Waals surface area contributed by atoms with Crippen molar-refractivity contribution in [1.82, 2.24) is 0 Å². The molecular weight excluding hydrogens is 208 g/mol. The van der Waals surface area contributed by atoms with Crippen molar-refractivity contribution in [2.24, 2.45) is 0 Å². The largest absolute Gasteiger partial charge is 0.478 e. The van der Waals surface area contributed by atoms with Crippen LogP contribution < -0.4 is 4.74 Å². The third-order valence-electron chi connectivity index (χ3n) is 2.13. The molecule has 0 spiro atoms. The Kier molecular flexibility index (Phi) is 3.83. The van der Waals surface area contributed by atoms with Gasteiger partial charge in [0.2, 0.25) is 0 Å². The maximum atomic E-state index is 11.2. The van der Waals surface area contributed by atoms with Gasteiger partial charge in [0.1, 0.15) is 5.75 Å². The lowest BCUT2D eigenvalue weighted by molar-refractivity contribution is -0.133. The fourth-order valence-electron chi connectivity index (χ4n) is 1.12. The Hall–Kier alpha value is -2.10. The molecule has 0 saturated heterocycles. The Balaban J connectivity index is 2.78. The second-order valence-corrected chi connectivity index (χ2v) is 3.29. The average molecular weight is 220 g/mol. The summed E-state index contributed by atoms with van der Waals surface area (Å²) in [7, 11) is 0. The van der Waals surface area contributed by atoms with Crippen molar-refractivity contribution in [1.29, 1.82) is 0 Å². The quantitative estimate of drug-likeness (QED) is 0.479. The minimum Gasteiger partial charge on any atom is -0.478 e. The van der Waals surface area contributed by atoms with E-state index in [1.165, 1.54) is 0 Å². The van der Waals surface area contributed by atoms with Gasteiger partial charge in [-0.15, -0.1) is 0 Å². The van der Waals surface area contributed by atoms with Crippen LogP contribution in [0.25, 0.3) is 0 Å². The van der Waals surface area contributed by atoms with Crippen molar-refractivity contribution < 1.29 is 19.4 Å². The first-order valence-corrected chi connectivity index (χ1v) is 4.69. The van der Waals surface area contributed by atoms with Crippen molar-refractivity contribution >= 4 is 11.9 Å². The molecule has 0 aliphatic rings. The van der Waals surface area contributed by atoms with Crippen LogP contribution in [0.2, 0.25) is 0 Å². The molecule has 0 bridgehead atoms. The van der Waals surface area contributed by atoms with E-state index >= 15 is 0 Å². The van der Waals surface area contributed by atoms with Crippen LogP contribution >= 0.6 is 0 Å². The van der Waals surface area contributed by atoms with Crippen molar-refractivity contribution in [3.05, 3.63) is 41.5 Å². The number of carboxylic acid groups (broad SMARTS) is 1. The van der Waals surface area contributed by atoms with Crippen LogP contribution in [0.15, 0.2) is 30.4 Å². The minimum atomic E-state index is -1.18. The van der Waals surface area contributed by atoms with Gasteiger partial charge >= 0.3 is 11.9 Å². The van der Waals surface area contributed by atoms with E-state index in [1.807, 2.05) is 19.9 Å². The summed E-state index contributed by atoms with van der Waals surface area (Å²) in [6, 6.07) is 5.33. The summed E-state index contributed by atoms with van der Waals surface area (Å²) in [5.41, 5.74) is 1.87. The molecule has 0 heterocycles. The normalized spacial score (nSPS) is 10.4. The van der Waals surface area contributed by atoms with Gasteiger partial charge in [-0.25, -0.2) is 9.59 Å². The van der Waals surface area contributed by atoms with Crippen LogP contribution in [-0.2, 0) is 9.59 Å². The molecule has 84 valence electrons. The molecule has 1 N–H and O–H groups in total. The number of hydrogen-bond acceptors (Lipinski definition) is 3. The highest BCUT2D eigenvalue weighted by molar-refractivity contribution is 5.91. The zero-order valence-electron chi connectivity index (χ0n) is 9.06. The average Bonchev–Trinajstić information content (AvgIpc) is 2.22. The molecule has 0 saturated carbocycles. The predicted molar refractivity (Wildman–Crippen MR) is 58.3 cm³/mol. The van der Waals surface area contributed by atoms with E-state index in [0.717, 1.165) is 23.3 Å². The molecule has 0 amide bonds. The summed E-state index contributed by atoms with van der Waals surface area (Å²) in [5, 5.41) is 8.33. The molecule has 0 radical (unpaired) electrons. The summed E-state index contributed by atoms with van der Waals surface area (Å²) < 4.78 is 4.99. The highest BCUT2D eigenvalue weighted by Gasteiger charge is 2.05. The fourth-order valence-corrected chi connectivity index (χ4v) is 1.12. The van der Waals surface area contributed by atoms with Crippen molar-refractivity contribution in [3.8, 4) is 5.75 Å². The first kappa shape index (κ1) is 12.0. The third kappa shape index (κ3) is 3.24. The van der Waals surface area contributed by atoms with Gasteiger partial charge in [0.15, 0.2) is 0 Å². The molecule has 0 aliphatic heterocycles. The monoisotopic (exact) mass is 220 g/mol. The molecule has 0 unspecified atom stereocenters. The summed E-state index contributed by atoms with van der Waals surface area (Å²) in [4.78, 5) is 21.4. The summed E-state index contributed by atoms with van der Waals surface area (Å²) in [6.07, 6.45) is 1.62. The second-order valence-electron chi connectivity index (χ2n) is 3.29. The van der Waals surface area contributed by atoms with Gasteiger partial charge in [-0.05, 0) is 31.0 Å². The number of ether oxygens (including phenoxy) is 1. The smallest absolute Gasteiger partial charge is 0.336 e. The fraction of sp³-hybridized carbons (Fsp3) is 0.167. The van der Waals surface area contributed by atoms with Gasteiger partial charge in [-0.3, -0.25) is 0 Å². The first-order valence-electron chi connectivity index (χ1n) is 4.69. The Morgan fingerprint density at radius 2 is 1.94 bits per heavy atom. The van der Waals surface area contributed by atoms with E-state index < -0.39 is 11.9 Å². The lowest BCUT2D eigenvalue weighted by Crippen LogP contribution is -2.06. The number of aliphatic carboxylic acids is 1. The van der Waals surface area contributed by atoms with Crippen LogP contribution in [0.3, 0.4) is 0 Å². The topological polar surface area (TPSA) is 63.6 Å². The Bertz CT molecular complexity index is 446. The number of rotatable bonds is 3. The van der Waals surface area contributed by atoms with Crippen molar-refractivity contribution in [2.45, 2.75) is 13.8 Å². The highest BCUT2D eigenvalue weighted by atomic mass is 16.5. The number of carboxylic acids is 1. The summed E-state index contributed by atoms with van der Waals surface area (Å²) in [6.45, 7) is 3.73. The van der Waals surface area contributed by atoms with Gasteiger partial charge < -0.3 is 9.84 Å². The van der Waals surface area contributed by atoms with E-state index in [-0.39, 0.29) is 0 Å². The van der Waals surface area contributed by atoms with E-state index in [2.05, 4.69) is 0 Å². The SMILES string of the molecule is Cc1cccc(OC(=O)/C=C\C(=O)O)c1C. The van der Waals surface area contributed by atoms with Gasteiger partial charge in [0.25, 0.3) is 0 Å². The van der Waals surface area contributed by atoms with Crippen molar-refractivity contribution in [2.75, 3.05) is 0 Å². The number of carbonyl (C=O) groups is 2. The number of esters is 1. The van der Waals surface area contributed by atoms with Gasteiger partial charge in [0.05, 0.1) is 0 Å². The number of benzene rings is 1. The predicted octanol–water partition coefficient (Wildman–Crippen LogP) is 1.85. The van der Waals surface area contributed by atoms with Gasteiger partial charge in [0, 0.05) is 12.2 Å². The lowest BCUT2D eigenvalue weighted by atomic mass is 10.1. The molecule has 0 aromatic heterocycles. The Labute approximate surface area is 93.2 Å². The zero-order valence-corrected chi connectivity index (χ0v) is 9.06. The second kappa shape index (κ2) is 5.11. The van der Waals surface area contributed by atoms with E-state index in [1.54, 1.807) is 12.1 Å². The molecule has 0 aliphatic carbocycles. The maximum Gasteiger partial charge on any atom is 0.336 e. The summed E-state index contributed by atoms with van der Waals surface area (Å²) in [5.74, 6) is -1.44. The van der Waals surface area contributed by atoms with Crippen LogP contribution in [0.1, 0.15) is 11.1 Å². The molecule has 1 aromatic rings. The number of hydrogen-bond donors (Lipinski definition) is 1. The van der Waals surface area contributed by atoms with Crippen LogP contribution in [0, 0.1) is 13.8 Å². The van der Waals surface area contributed by atoms with E-state index in [4.69, 9.17) is 9.84 Å². The van der Waals surface area contributed by atoms with Gasteiger partial charge in [-0.1, -0.05) is 12.1 Å². The van der Waals surface area contributed by atoms with E-state index in [9.17, 15) is 9.59 Å². The highest BCUT2D eigenvalue weighted by Crippen LogP contribution is 2.20. The minimum absolute atomic E-state index is 0.444. The van der Waals surface area contributed by atoms with Gasteiger partial charge in [-0.2, -0.15) is 0 Å². The zero-order chi connectivity index (χ0) is 12.1. The van der Waals surface area contributed by atoms with Crippen LogP contribution in [0.4, 0.5) is 0 Å². The first-order chi connectivity index (χ1) is 7.50. The molecular formula is C12H12O4. The van der Waals surface area contributed by atoms with Crippen LogP contribution in [0.5, 0.6) is 5.75 Å². The third-order valence-corrected chi connectivity index (χ3v) is 2.13. The Morgan fingerprint density at radius 3 is 2.56 bits per heavy atom. The molecule has 0 fully saturated rings. The Morgan fingerprint density at radius 1 is 1.25 bits per heavy atom. The van der Waals surface area contributed by atoms with E-state index in [0.29, 0.717) is 5.75 Å². The van der Waals surface area contributed by atoms with Crippen molar-refractivity contribution in [3.63, 3.8) is 0 Å². The molecule has 16 heavy (non-hydrogen) atoms. The lowest BCUT2D eigenvalue weighted by Gasteiger charge is -2.06. The molecule has 4 heteroatoms. The molecule has 0 atom stereocenters. The van der Waals surface area contributed by atoms with Crippen LogP contribution in [-0.4, -0.2) is 17.0 Å². The number of aryl methyl sites for hydroxylation is 1. The standard InChI is InChI=1S/C12H12O4/c1-8-4-3-5-10(9(8)2)16-12(15)7-6-11(13)14/h3-7H,1-2H3,(H,13,14)/b7-6-. The number of carbonyl (C=O) groups excluding carboxylic acids is 1.